The maximum Gasteiger partial charge on any atom is 0.303 e. The molecule has 0 bridgehead atoms. The molecule has 0 fully saturated rings. The second kappa shape index (κ2) is 14.9. The zero-order chi connectivity index (χ0) is 21.5. The van der Waals surface area contributed by atoms with Crippen LogP contribution >= 0.6 is 0 Å². The number of carbonyl (C=O) groups is 4. The average Bonchev–Trinajstić information content (AvgIpc) is 2.65. The summed E-state index contributed by atoms with van der Waals surface area (Å²) in [6, 6.07) is -2.30. The summed E-state index contributed by atoms with van der Waals surface area (Å²) < 4.78 is 0. The molecule has 9 N–H and O–H groups in total. The van der Waals surface area contributed by atoms with Gasteiger partial charge in [-0.25, -0.2) is 0 Å². The fourth-order valence-electron chi connectivity index (χ4n) is 2.42. The van der Waals surface area contributed by atoms with Crippen molar-refractivity contribution in [3.63, 3.8) is 0 Å². The van der Waals surface area contributed by atoms with Gasteiger partial charge in [0.15, 0.2) is 0 Å². The lowest BCUT2D eigenvalue weighted by molar-refractivity contribution is -0.146. The van der Waals surface area contributed by atoms with Gasteiger partial charge in [-0.2, -0.15) is 0 Å². The standard InChI is InChI=1S/C17H33N5O6/c18-8-1-2-9-21-10-3-11-22(16(27)12(19)4-6-14(23)24)17(28)13(20)5-7-15(25)26/h12-13,21H,1-11,18-20H2,(H,23,24)(H,25,26)/t12-,13-/m0/s1. The van der Waals surface area contributed by atoms with Crippen LogP contribution in [0.2, 0.25) is 0 Å². The predicted octanol–water partition coefficient (Wildman–Crippen LogP) is -1.56. The van der Waals surface area contributed by atoms with Crippen molar-refractivity contribution in [1.29, 1.82) is 0 Å². The Labute approximate surface area is 164 Å². The Morgan fingerprint density at radius 1 is 0.821 bits per heavy atom. The Morgan fingerprint density at radius 3 is 1.71 bits per heavy atom. The zero-order valence-corrected chi connectivity index (χ0v) is 16.1. The number of imide groups is 1. The van der Waals surface area contributed by atoms with Crippen molar-refractivity contribution < 1.29 is 29.4 Å². The first-order valence-corrected chi connectivity index (χ1v) is 9.41. The predicted molar refractivity (Wildman–Crippen MR) is 102 cm³/mol. The summed E-state index contributed by atoms with van der Waals surface area (Å²) in [6.07, 6.45) is 1.44. The minimum atomic E-state index is -1.15. The second-order valence-corrected chi connectivity index (χ2v) is 6.51. The summed E-state index contributed by atoms with van der Waals surface area (Å²) in [5, 5.41) is 20.6. The number of amides is 2. The molecule has 0 aliphatic heterocycles. The monoisotopic (exact) mass is 403 g/mol. The topological polar surface area (TPSA) is 202 Å². The summed E-state index contributed by atoms with van der Waals surface area (Å²) in [7, 11) is 0. The van der Waals surface area contributed by atoms with Crippen molar-refractivity contribution >= 4 is 23.8 Å². The maximum absolute atomic E-state index is 12.5. The van der Waals surface area contributed by atoms with Crippen molar-refractivity contribution in [3.8, 4) is 0 Å². The molecule has 2 amide bonds. The number of nitrogens with two attached hydrogens (primary N) is 3. The van der Waals surface area contributed by atoms with Gasteiger partial charge < -0.3 is 32.7 Å². The number of unbranched alkanes of at least 4 members (excludes halogenated alkanes) is 1. The van der Waals surface area contributed by atoms with Gasteiger partial charge in [-0.3, -0.25) is 24.1 Å². The molecule has 11 heteroatoms. The quantitative estimate of drug-likeness (QED) is 0.164. The molecule has 0 aliphatic carbocycles. The van der Waals surface area contributed by atoms with Crippen molar-refractivity contribution in [1.82, 2.24) is 10.2 Å². The molecular formula is C17H33N5O6. The van der Waals surface area contributed by atoms with E-state index in [9.17, 15) is 19.2 Å². The molecule has 0 unspecified atom stereocenters. The molecule has 0 aliphatic rings. The lowest BCUT2D eigenvalue weighted by atomic mass is 10.1. The van der Waals surface area contributed by atoms with E-state index in [0.29, 0.717) is 19.5 Å². The maximum atomic E-state index is 12.5. The minimum Gasteiger partial charge on any atom is -0.481 e. The van der Waals surface area contributed by atoms with Crippen LogP contribution in [0.15, 0.2) is 0 Å². The van der Waals surface area contributed by atoms with E-state index in [2.05, 4.69) is 5.32 Å². The number of carbonyl (C=O) groups excluding carboxylic acids is 2. The van der Waals surface area contributed by atoms with Crippen LogP contribution in [0.5, 0.6) is 0 Å². The van der Waals surface area contributed by atoms with Gasteiger partial charge in [-0.05, 0) is 51.7 Å². The van der Waals surface area contributed by atoms with E-state index in [4.69, 9.17) is 27.4 Å². The molecular weight excluding hydrogens is 370 g/mol. The van der Waals surface area contributed by atoms with Crippen molar-refractivity contribution in [2.75, 3.05) is 26.2 Å². The van der Waals surface area contributed by atoms with Crippen LogP contribution in [0.4, 0.5) is 0 Å². The van der Waals surface area contributed by atoms with E-state index in [-0.39, 0.29) is 32.2 Å². The highest BCUT2D eigenvalue weighted by molar-refractivity contribution is 6.00. The van der Waals surface area contributed by atoms with Gasteiger partial charge in [0.2, 0.25) is 11.8 Å². The smallest absolute Gasteiger partial charge is 0.303 e. The van der Waals surface area contributed by atoms with Crippen LogP contribution in [0.1, 0.15) is 44.9 Å². The van der Waals surface area contributed by atoms with Gasteiger partial charge in [0.05, 0.1) is 12.1 Å². The Kier molecular flexibility index (Phi) is 13.8. The first-order chi connectivity index (χ1) is 13.2. The number of rotatable bonds is 16. The Morgan fingerprint density at radius 2 is 1.29 bits per heavy atom. The molecule has 0 aromatic heterocycles. The van der Waals surface area contributed by atoms with Gasteiger partial charge in [0.25, 0.3) is 0 Å². The van der Waals surface area contributed by atoms with E-state index in [0.717, 1.165) is 24.3 Å². The molecule has 0 heterocycles. The summed E-state index contributed by atoms with van der Waals surface area (Å²) in [6.45, 7) is 1.98. The van der Waals surface area contributed by atoms with E-state index in [1.165, 1.54) is 0 Å². The summed E-state index contributed by atoms with van der Waals surface area (Å²) in [4.78, 5) is 47.3. The number of hydrogen-bond donors (Lipinski definition) is 6. The van der Waals surface area contributed by atoms with Gasteiger partial charge in [-0.1, -0.05) is 0 Å². The molecule has 0 saturated carbocycles. The molecule has 0 spiro atoms. The normalized spacial score (nSPS) is 13.0. The molecule has 0 radical (unpaired) electrons. The number of nitrogens with zero attached hydrogens (tertiary/aromatic N) is 1. The number of aliphatic carboxylic acids is 2. The van der Waals surface area contributed by atoms with Gasteiger partial charge >= 0.3 is 11.9 Å². The molecule has 0 aromatic rings. The molecule has 162 valence electrons. The Hall–Kier alpha value is -2.08. The third-order valence-electron chi connectivity index (χ3n) is 4.05. The van der Waals surface area contributed by atoms with Crippen LogP contribution in [0.25, 0.3) is 0 Å². The third kappa shape index (κ3) is 11.6. The molecule has 2 atom stereocenters. The number of carboxylic acids is 2. The minimum absolute atomic E-state index is 0.0586. The third-order valence-corrected chi connectivity index (χ3v) is 4.05. The second-order valence-electron chi connectivity index (χ2n) is 6.51. The van der Waals surface area contributed by atoms with Crippen LogP contribution in [0.3, 0.4) is 0 Å². The molecule has 11 nitrogen and oxygen atoms in total. The van der Waals surface area contributed by atoms with Crippen molar-refractivity contribution in [3.05, 3.63) is 0 Å². The largest absolute Gasteiger partial charge is 0.481 e. The van der Waals surface area contributed by atoms with Gasteiger partial charge in [0.1, 0.15) is 0 Å². The van der Waals surface area contributed by atoms with E-state index in [1.54, 1.807) is 0 Å². The van der Waals surface area contributed by atoms with E-state index in [1.807, 2.05) is 0 Å². The zero-order valence-electron chi connectivity index (χ0n) is 16.1. The SMILES string of the molecule is NCCCCNCCCN(C(=O)[C@@H](N)CCC(=O)O)C(=O)[C@@H](N)CCC(=O)O. The lowest BCUT2D eigenvalue weighted by Gasteiger charge is -2.26. The number of nitrogens with one attached hydrogen (secondary N) is 1. The van der Waals surface area contributed by atoms with Gasteiger partial charge in [-0.15, -0.1) is 0 Å². The fraction of sp³-hybridized carbons (Fsp3) is 0.765. The molecule has 28 heavy (non-hydrogen) atoms. The van der Waals surface area contributed by atoms with Gasteiger partial charge in [0, 0.05) is 19.4 Å². The summed E-state index contributed by atoms with van der Waals surface area (Å²) in [5.74, 6) is -3.61. The average molecular weight is 403 g/mol. The first kappa shape index (κ1) is 25.9. The fourth-order valence-corrected chi connectivity index (χ4v) is 2.42. The first-order valence-electron chi connectivity index (χ1n) is 9.41. The van der Waals surface area contributed by atoms with Crippen molar-refractivity contribution in [2.24, 2.45) is 17.2 Å². The van der Waals surface area contributed by atoms with Crippen LogP contribution in [-0.4, -0.2) is 77.1 Å². The van der Waals surface area contributed by atoms with E-state index >= 15 is 0 Å². The molecule has 0 aromatic carbocycles. The Balaban J connectivity index is 4.80. The van der Waals surface area contributed by atoms with Crippen molar-refractivity contribution in [2.45, 2.75) is 57.0 Å². The van der Waals surface area contributed by atoms with Crippen LogP contribution in [-0.2, 0) is 19.2 Å². The highest BCUT2D eigenvalue weighted by Gasteiger charge is 2.30. The van der Waals surface area contributed by atoms with Crippen LogP contribution in [0, 0.1) is 0 Å². The number of carboxylic acid groups (broad SMARTS) is 2. The highest BCUT2D eigenvalue weighted by atomic mass is 16.4. The summed E-state index contributed by atoms with van der Waals surface area (Å²) >= 11 is 0. The molecule has 0 saturated heterocycles. The number of hydrogen-bond acceptors (Lipinski definition) is 8. The lowest BCUT2D eigenvalue weighted by Crippen LogP contribution is -2.53. The van der Waals surface area contributed by atoms with Crippen LogP contribution < -0.4 is 22.5 Å². The highest BCUT2D eigenvalue weighted by Crippen LogP contribution is 2.07. The Bertz CT molecular complexity index is 480. The summed E-state index contributed by atoms with van der Waals surface area (Å²) in [5.41, 5.74) is 16.9. The van der Waals surface area contributed by atoms with E-state index < -0.39 is 35.8 Å². The molecule has 0 rings (SSSR count).